The molecule has 0 atom stereocenters. The number of fused-ring (bicyclic) bond motifs is 6. The molecule has 2 aromatic heterocycles. The van der Waals surface area contributed by atoms with Crippen LogP contribution in [0.4, 0.5) is 0 Å². The lowest BCUT2D eigenvalue weighted by molar-refractivity contribution is 1.43. The van der Waals surface area contributed by atoms with Crippen molar-refractivity contribution in [2.75, 3.05) is 0 Å². The summed E-state index contributed by atoms with van der Waals surface area (Å²) in [7, 11) is 0. The van der Waals surface area contributed by atoms with Gasteiger partial charge in [-0.15, -0.1) is 11.3 Å². The Kier molecular flexibility index (Phi) is 5.07. The maximum absolute atomic E-state index is 4.82. The van der Waals surface area contributed by atoms with Crippen LogP contribution in [-0.4, -0.2) is 4.98 Å². The van der Waals surface area contributed by atoms with E-state index in [1.165, 1.54) is 64.3 Å². The molecule has 0 unspecified atom stereocenters. The van der Waals surface area contributed by atoms with Crippen molar-refractivity contribution in [2.45, 2.75) is 0 Å². The lowest BCUT2D eigenvalue weighted by atomic mass is 9.89. The van der Waals surface area contributed by atoms with Crippen LogP contribution in [0.2, 0.25) is 0 Å². The molecular weight excluding hydrogens is 490 g/mol. The summed E-state index contributed by atoms with van der Waals surface area (Å²) < 4.78 is 2.66. The quantitative estimate of drug-likeness (QED) is 0.214. The van der Waals surface area contributed by atoms with Gasteiger partial charge in [-0.1, -0.05) is 109 Å². The molecular formula is C37H23NS. The van der Waals surface area contributed by atoms with E-state index in [2.05, 4.69) is 127 Å². The molecule has 0 aliphatic carbocycles. The Morgan fingerprint density at radius 2 is 1.21 bits per heavy atom. The van der Waals surface area contributed by atoms with E-state index in [1.807, 2.05) is 23.6 Å². The third kappa shape index (κ3) is 3.57. The molecule has 0 saturated carbocycles. The zero-order valence-electron chi connectivity index (χ0n) is 21.1. The van der Waals surface area contributed by atoms with Gasteiger partial charge in [0, 0.05) is 42.7 Å². The third-order valence-electron chi connectivity index (χ3n) is 7.71. The normalized spacial score (nSPS) is 11.6. The van der Waals surface area contributed by atoms with Gasteiger partial charge in [-0.3, -0.25) is 4.98 Å². The van der Waals surface area contributed by atoms with E-state index < -0.39 is 0 Å². The van der Waals surface area contributed by atoms with Gasteiger partial charge in [0.2, 0.25) is 0 Å². The fourth-order valence-electron chi connectivity index (χ4n) is 5.92. The lowest BCUT2D eigenvalue weighted by Gasteiger charge is -2.15. The lowest BCUT2D eigenvalue weighted by Crippen LogP contribution is -1.90. The van der Waals surface area contributed by atoms with Gasteiger partial charge in [-0.2, -0.15) is 0 Å². The van der Waals surface area contributed by atoms with Gasteiger partial charge in [0.25, 0.3) is 0 Å². The third-order valence-corrected chi connectivity index (χ3v) is 8.93. The van der Waals surface area contributed by atoms with E-state index in [0.29, 0.717) is 0 Å². The van der Waals surface area contributed by atoms with Crippen molar-refractivity contribution in [2.24, 2.45) is 0 Å². The highest BCUT2D eigenvalue weighted by Crippen LogP contribution is 2.45. The Labute approximate surface area is 230 Å². The van der Waals surface area contributed by atoms with Crippen LogP contribution in [0.15, 0.2) is 140 Å². The van der Waals surface area contributed by atoms with Gasteiger partial charge < -0.3 is 0 Å². The molecule has 0 spiro atoms. The monoisotopic (exact) mass is 513 g/mol. The van der Waals surface area contributed by atoms with Crippen LogP contribution in [0.3, 0.4) is 0 Å². The summed E-state index contributed by atoms with van der Waals surface area (Å²) in [5.41, 5.74) is 8.46. The fraction of sp³-hybridized carbons (Fsp3) is 0. The van der Waals surface area contributed by atoms with E-state index in [-0.39, 0.29) is 0 Å². The van der Waals surface area contributed by atoms with Gasteiger partial charge in [-0.05, 0) is 57.5 Å². The SMILES string of the molecule is c1ccc(-c2cc(-c3ccccc3-c3cccc4ccc5cccnc5c34)cc3c2sc2ccccc23)cc1. The molecule has 0 bridgehead atoms. The van der Waals surface area contributed by atoms with Gasteiger partial charge in [0.15, 0.2) is 0 Å². The minimum Gasteiger partial charge on any atom is -0.256 e. The molecule has 8 rings (SSSR count). The first-order valence-corrected chi connectivity index (χ1v) is 14.0. The van der Waals surface area contributed by atoms with Crippen molar-refractivity contribution in [1.82, 2.24) is 4.98 Å². The highest BCUT2D eigenvalue weighted by molar-refractivity contribution is 7.26. The molecule has 182 valence electrons. The number of rotatable bonds is 3. The van der Waals surface area contributed by atoms with Gasteiger partial charge in [0.1, 0.15) is 0 Å². The Bertz CT molecular complexity index is 2170. The number of benzene rings is 6. The van der Waals surface area contributed by atoms with E-state index in [1.54, 1.807) is 0 Å². The molecule has 6 aromatic carbocycles. The predicted molar refractivity (Wildman–Crippen MR) is 168 cm³/mol. The molecule has 1 nitrogen and oxygen atoms in total. The number of nitrogens with zero attached hydrogens (tertiary/aromatic N) is 1. The van der Waals surface area contributed by atoms with Crippen LogP contribution in [-0.2, 0) is 0 Å². The molecule has 0 aliphatic rings. The van der Waals surface area contributed by atoms with Crippen molar-refractivity contribution >= 4 is 53.2 Å². The van der Waals surface area contributed by atoms with Crippen LogP contribution in [0.25, 0.3) is 75.2 Å². The molecule has 2 heteroatoms. The average Bonchev–Trinajstić information content (AvgIpc) is 3.39. The van der Waals surface area contributed by atoms with Gasteiger partial charge in [-0.25, -0.2) is 0 Å². The van der Waals surface area contributed by atoms with E-state index in [4.69, 9.17) is 4.98 Å². The topological polar surface area (TPSA) is 12.9 Å². The minimum atomic E-state index is 1.05. The molecule has 0 fully saturated rings. The fourth-order valence-corrected chi connectivity index (χ4v) is 7.14. The Hall–Kier alpha value is -4.79. The smallest absolute Gasteiger partial charge is 0.0786 e. The number of hydrogen-bond donors (Lipinski definition) is 0. The first kappa shape index (κ1) is 22.2. The van der Waals surface area contributed by atoms with E-state index in [9.17, 15) is 0 Å². The van der Waals surface area contributed by atoms with Crippen LogP contribution >= 0.6 is 11.3 Å². The first-order chi connectivity index (χ1) is 19.3. The summed E-state index contributed by atoms with van der Waals surface area (Å²) >= 11 is 1.88. The van der Waals surface area contributed by atoms with Crippen molar-refractivity contribution in [3.8, 4) is 33.4 Å². The van der Waals surface area contributed by atoms with Crippen LogP contribution < -0.4 is 0 Å². The van der Waals surface area contributed by atoms with Gasteiger partial charge >= 0.3 is 0 Å². The summed E-state index contributed by atoms with van der Waals surface area (Å²) in [6.45, 7) is 0. The molecule has 0 aliphatic heterocycles. The standard InChI is InChI=1S/C37H23NS/c1-2-10-24(11-3-1)32-22-27(23-33-30-16-6-7-18-34(30)39-37(32)33)28-14-4-5-15-29(28)31-17-8-12-25-19-20-26-13-9-21-38-36(26)35(25)31/h1-23H. The highest BCUT2D eigenvalue weighted by Gasteiger charge is 2.17. The second-order valence-electron chi connectivity index (χ2n) is 9.95. The Balaban J connectivity index is 1.45. The van der Waals surface area contributed by atoms with Crippen molar-refractivity contribution < 1.29 is 0 Å². The van der Waals surface area contributed by atoms with Crippen molar-refractivity contribution in [3.63, 3.8) is 0 Å². The number of pyridine rings is 1. The van der Waals surface area contributed by atoms with Crippen LogP contribution in [0.5, 0.6) is 0 Å². The number of thiophene rings is 1. The molecule has 0 N–H and O–H groups in total. The minimum absolute atomic E-state index is 1.05. The Morgan fingerprint density at radius 3 is 2.13 bits per heavy atom. The maximum Gasteiger partial charge on any atom is 0.0786 e. The van der Waals surface area contributed by atoms with Crippen LogP contribution in [0.1, 0.15) is 0 Å². The molecule has 0 saturated heterocycles. The average molecular weight is 514 g/mol. The summed E-state index contributed by atoms with van der Waals surface area (Å²) in [6.07, 6.45) is 1.90. The molecule has 2 heterocycles. The maximum atomic E-state index is 4.82. The summed E-state index contributed by atoms with van der Waals surface area (Å²) in [4.78, 5) is 4.82. The largest absolute Gasteiger partial charge is 0.256 e. The number of hydrogen-bond acceptors (Lipinski definition) is 2. The molecule has 8 aromatic rings. The summed E-state index contributed by atoms with van der Waals surface area (Å²) in [6, 6.07) is 48.3. The van der Waals surface area contributed by atoms with Gasteiger partial charge in [0.05, 0.1) is 5.52 Å². The second kappa shape index (κ2) is 8.90. The second-order valence-corrected chi connectivity index (χ2v) is 11.0. The van der Waals surface area contributed by atoms with Crippen molar-refractivity contribution in [1.29, 1.82) is 0 Å². The summed E-state index contributed by atoms with van der Waals surface area (Å²) in [5.74, 6) is 0. The number of aromatic nitrogens is 1. The Morgan fingerprint density at radius 1 is 0.462 bits per heavy atom. The van der Waals surface area contributed by atoms with Crippen molar-refractivity contribution in [3.05, 3.63) is 140 Å². The first-order valence-electron chi connectivity index (χ1n) is 13.2. The zero-order chi connectivity index (χ0) is 25.8. The molecule has 39 heavy (non-hydrogen) atoms. The molecule has 0 radical (unpaired) electrons. The van der Waals surface area contributed by atoms with Crippen LogP contribution in [0, 0.1) is 0 Å². The highest BCUT2D eigenvalue weighted by atomic mass is 32.1. The predicted octanol–water partition coefficient (Wildman–Crippen LogP) is 10.8. The van der Waals surface area contributed by atoms with E-state index in [0.717, 1.165) is 10.9 Å². The molecule has 0 amide bonds. The summed E-state index contributed by atoms with van der Waals surface area (Å²) in [5, 5.41) is 6.19. The zero-order valence-corrected chi connectivity index (χ0v) is 22.0. The van der Waals surface area contributed by atoms with E-state index >= 15 is 0 Å².